The number of rotatable bonds is 2. The molecule has 0 spiro atoms. The number of likely N-dealkylation sites (N-methyl/N-ethyl adjacent to an activating group) is 1. The van der Waals surface area contributed by atoms with Crippen LogP contribution in [-0.4, -0.2) is 17.3 Å². The first kappa shape index (κ1) is 11.6. The van der Waals surface area contributed by atoms with Crippen LogP contribution in [0.5, 0.6) is 0 Å². The molecule has 0 N–H and O–H groups in total. The molecule has 0 aromatic carbocycles. The Balaban J connectivity index is 2.30. The number of hydrogen-bond acceptors (Lipinski definition) is 2. The fourth-order valence-corrected chi connectivity index (χ4v) is 3.80. The van der Waals surface area contributed by atoms with Crippen molar-refractivity contribution in [1.29, 1.82) is 0 Å². The van der Waals surface area contributed by atoms with Gasteiger partial charge in [-0.25, -0.2) is 0 Å². The van der Waals surface area contributed by atoms with Crippen LogP contribution < -0.4 is 0 Å². The summed E-state index contributed by atoms with van der Waals surface area (Å²) in [6.07, 6.45) is 9.27. The van der Waals surface area contributed by atoms with Crippen molar-refractivity contribution in [2.75, 3.05) is 7.05 Å². The predicted molar refractivity (Wildman–Crippen MR) is 73.1 cm³/mol. The number of thioether (sulfide) groups is 1. The summed E-state index contributed by atoms with van der Waals surface area (Å²) in [6, 6.07) is 0. The van der Waals surface area contributed by atoms with E-state index in [2.05, 4.69) is 50.6 Å². The summed E-state index contributed by atoms with van der Waals surface area (Å²) in [7, 11) is 2.18. The van der Waals surface area contributed by atoms with Gasteiger partial charge in [-0.15, -0.1) is 0 Å². The lowest BCUT2D eigenvalue weighted by molar-refractivity contribution is 0.448. The van der Waals surface area contributed by atoms with E-state index < -0.39 is 0 Å². The summed E-state index contributed by atoms with van der Waals surface area (Å²) in [4.78, 5) is 3.82. The lowest BCUT2D eigenvalue weighted by Crippen LogP contribution is -2.24. The Morgan fingerprint density at radius 2 is 2.19 bits per heavy atom. The molecule has 1 saturated heterocycles. The third-order valence-electron chi connectivity index (χ3n) is 3.13. The van der Waals surface area contributed by atoms with E-state index in [1.165, 1.54) is 34.6 Å². The molecule has 1 unspecified atom stereocenters. The monoisotopic (exact) mass is 233 g/mol. The van der Waals surface area contributed by atoms with E-state index in [-0.39, 0.29) is 0 Å². The van der Waals surface area contributed by atoms with Gasteiger partial charge in [0.1, 0.15) is 5.37 Å². The third kappa shape index (κ3) is 1.86. The van der Waals surface area contributed by atoms with Gasteiger partial charge in [-0.3, -0.25) is 0 Å². The Bertz CT molecular complexity index is 401. The molecular weight excluding hydrogens is 214 g/mol. The molecule has 2 aliphatic rings. The average molecular weight is 233 g/mol. The van der Waals surface area contributed by atoms with Crippen molar-refractivity contribution >= 4 is 11.8 Å². The molecule has 86 valence electrons. The summed E-state index contributed by atoms with van der Waals surface area (Å²) in [5.74, 6) is 0. The van der Waals surface area contributed by atoms with Crippen molar-refractivity contribution in [3.05, 3.63) is 46.6 Å². The summed E-state index contributed by atoms with van der Waals surface area (Å²) in [5.41, 5.74) is 3.93. The molecule has 2 rings (SSSR count). The van der Waals surface area contributed by atoms with Crippen molar-refractivity contribution in [2.45, 2.75) is 32.1 Å². The normalized spacial score (nSPS) is 25.1. The van der Waals surface area contributed by atoms with Gasteiger partial charge in [0.25, 0.3) is 0 Å². The van der Waals surface area contributed by atoms with Gasteiger partial charge in [0.2, 0.25) is 0 Å². The second-order valence-corrected chi connectivity index (χ2v) is 5.46. The van der Waals surface area contributed by atoms with Crippen molar-refractivity contribution in [3.63, 3.8) is 0 Å². The molecule has 1 atom stereocenters. The standard InChI is InChI=1S/C14H19NS/c1-5-11(10(2)3)14-15(4)12-8-6-7-9-13(12)16-14/h5,8-9,14H,2,6-7H2,1,3-4H3/b11-5+. The average Bonchev–Trinajstić information content (AvgIpc) is 2.58. The van der Waals surface area contributed by atoms with Crippen molar-refractivity contribution in [3.8, 4) is 0 Å². The molecule has 0 amide bonds. The maximum absolute atomic E-state index is 4.08. The number of allylic oxidation sites excluding steroid dienone is 3. The topological polar surface area (TPSA) is 3.24 Å². The molecule has 1 nitrogen and oxygen atoms in total. The highest BCUT2D eigenvalue weighted by Gasteiger charge is 2.32. The van der Waals surface area contributed by atoms with E-state index in [9.17, 15) is 0 Å². The van der Waals surface area contributed by atoms with E-state index in [1.54, 1.807) is 0 Å². The Kier molecular flexibility index (Phi) is 3.29. The molecule has 1 heterocycles. The van der Waals surface area contributed by atoms with Crippen LogP contribution in [0.2, 0.25) is 0 Å². The summed E-state index contributed by atoms with van der Waals surface area (Å²) < 4.78 is 0. The predicted octanol–water partition coefficient (Wildman–Crippen LogP) is 4.08. The van der Waals surface area contributed by atoms with Gasteiger partial charge in [-0.05, 0) is 32.3 Å². The van der Waals surface area contributed by atoms with E-state index in [1.807, 2.05) is 11.8 Å². The molecule has 1 fully saturated rings. The Morgan fingerprint density at radius 1 is 1.50 bits per heavy atom. The zero-order valence-electron chi connectivity index (χ0n) is 10.3. The lowest BCUT2D eigenvalue weighted by atomic mass is 10.1. The van der Waals surface area contributed by atoms with Crippen LogP contribution in [0.25, 0.3) is 0 Å². The molecule has 0 aromatic rings. The van der Waals surface area contributed by atoms with Crippen LogP contribution in [0, 0.1) is 0 Å². The van der Waals surface area contributed by atoms with Crippen LogP contribution in [0.1, 0.15) is 26.7 Å². The van der Waals surface area contributed by atoms with Gasteiger partial charge in [0, 0.05) is 17.6 Å². The van der Waals surface area contributed by atoms with Crippen molar-refractivity contribution < 1.29 is 0 Å². The minimum absolute atomic E-state index is 0.415. The van der Waals surface area contributed by atoms with Gasteiger partial charge in [0.15, 0.2) is 0 Å². The lowest BCUT2D eigenvalue weighted by Gasteiger charge is -2.24. The molecule has 0 aromatic heterocycles. The molecule has 0 radical (unpaired) electrons. The number of nitrogens with zero attached hydrogens (tertiary/aromatic N) is 1. The highest BCUT2D eigenvalue weighted by atomic mass is 32.2. The van der Waals surface area contributed by atoms with Crippen LogP contribution in [0.15, 0.2) is 46.6 Å². The van der Waals surface area contributed by atoms with E-state index in [0.717, 1.165) is 0 Å². The van der Waals surface area contributed by atoms with Crippen molar-refractivity contribution in [1.82, 2.24) is 4.90 Å². The van der Waals surface area contributed by atoms with E-state index >= 15 is 0 Å². The van der Waals surface area contributed by atoms with Crippen molar-refractivity contribution in [2.24, 2.45) is 0 Å². The zero-order valence-corrected chi connectivity index (χ0v) is 11.1. The number of fused-ring (bicyclic) bond motifs is 1. The molecular formula is C14H19NS. The fourth-order valence-electron chi connectivity index (χ4n) is 2.26. The molecule has 0 bridgehead atoms. The Hall–Kier alpha value is -0.890. The van der Waals surface area contributed by atoms with Crippen LogP contribution in [-0.2, 0) is 0 Å². The van der Waals surface area contributed by atoms with Gasteiger partial charge < -0.3 is 4.90 Å². The van der Waals surface area contributed by atoms with Crippen LogP contribution >= 0.6 is 11.8 Å². The smallest absolute Gasteiger partial charge is 0.105 e. The molecule has 0 saturated carbocycles. The quantitative estimate of drug-likeness (QED) is 0.661. The third-order valence-corrected chi connectivity index (χ3v) is 4.55. The second-order valence-electron chi connectivity index (χ2n) is 4.34. The molecule has 16 heavy (non-hydrogen) atoms. The summed E-state index contributed by atoms with van der Waals surface area (Å²) in [6.45, 7) is 8.27. The summed E-state index contributed by atoms with van der Waals surface area (Å²) in [5, 5.41) is 0.415. The minimum atomic E-state index is 0.415. The van der Waals surface area contributed by atoms with Gasteiger partial charge in [-0.2, -0.15) is 0 Å². The van der Waals surface area contributed by atoms with Crippen LogP contribution in [0.3, 0.4) is 0 Å². The fraction of sp³-hybridized carbons (Fsp3) is 0.429. The Labute approximate surface area is 103 Å². The maximum atomic E-state index is 4.08. The van der Waals surface area contributed by atoms with Gasteiger partial charge in [-0.1, -0.05) is 42.1 Å². The van der Waals surface area contributed by atoms with Crippen LogP contribution in [0.4, 0.5) is 0 Å². The zero-order chi connectivity index (χ0) is 11.7. The van der Waals surface area contributed by atoms with Gasteiger partial charge >= 0.3 is 0 Å². The van der Waals surface area contributed by atoms with E-state index in [4.69, 9.17) is 0 Å². The minimum Gasteiger partial charge on any atom is -0.358 e. The molecule has 2 heteroatoms. The highest BCUT2D eigenvalue weighted by molar-refractivity contribution is 8.04. The summed E-state index contributed by atoms with van der Waals surface area (Å²) >= 11 is 1.95. The molecule has 1 aliphatic heterocycles. The first-order valence-electron chi connectivity index (χ1n) is 5.77. The van der Waals surface area contributed by atoms with E-state index in [0.29, 0.717) is 5.37 Å². The Morgan fingerprint density at radius 3 is 2.75 bits per heavy atom. The first-order valence-corrected chi connectivity index (χ1v) is 6.65. The largest absolute Gasteiger partial charge is 0.358 e. The van der Waals surface area contributed by atoms with Gasteiger partial charge in [0.05, 0.1) is 0 Å². The second kappa shape index (κ2) is 4.54. The first-order chi connectivity index (χ1) is 7.65. The number of hydrogen-bond donors (Lipinski definition) is 0. The molecule has 1 aliphatic carbocycles. The highest BCUT2D eigenvalue weighted by Crippen LogP contribution is 2.46. The maximum Gasteiger partial charge on any atom is 0.105 e. The SMILES string of the molecule is C=C(C)/C(=C\C)C1SC2=CCCC=C2N1C.